The number of aliphatic hydroxyl groups excluding tert-OH is 2. The van der Waals surface area contributed by atoms with E-state index in [2.05, 4.69) is 14.1 Å². The van der Waals surface area contributed by atoms with E-state index < -0.39 is 0 Å². The van der Waals surface area contributed by atoms with Crippen molar-refractivity contribution in [1.29, 1.82) is 0 Å². The van der Waals surface area contributed by atoms with Gasteiger partial charge < -0.3 is 27.1 Å². The first-order valence-corrected chi connectivity index (χ1v) is 4.66. The maximum atomic E-state index is 8.65. The highest BCUT2D eigenvalue weighted by atomic mass is 35.5. The molecule has 0 aromatic carbocycles. The van der Waals surface area contributed by atoms with Crippen molar-refractivity contribution >= 4 is 0 Å². The van der Waals surface area contributed by atoms with Crippen molar-refractivity contribution < 1.29 is 27.1 Å². The normalized spacial score (nSPS) is 11.1. The SMILES string of the molecule is C[N+](C)(CCCO)CCCCO.[Cl-]. The Labute approximate surface area is 87.4 Å². The van der Waals surface area contributed by atoms with Gasteiger partial charge in [0, 0.05) is 19.6 Å². The third-order valence-electron chi connectivity index (χ3n) is 2.09. The van der Waals surface area contributed by atoms with Crippen LogP contribution in [0.1, 0.15) is 19.3 Å². The van der Waals surface area contributed by atoms with E-state index in [0.29, 0.717) is 6.61 Å². The summed E-state index contributed by atoms with van der Waals surface area (Å²) in [6, 6.07) is 0. The second-order valence-electron chi connectivity index (χ2n) is 3.89. The van der Waals surface area contributed by atoms with Gasteiger partial charge in [0.05, 0.1) is 27.2 Å². The molecule has 0 aromatic rings. The van der Waals surface area contributed by atoms with Crippen LogP contribution in [0.5, 0.6) is 0 Å². The molecule has 0 aliphatic heterocycles. The maximum absolute atomic E-state index is 8.65. The topological polar surface area (TPSA) is 40.5 Å². The molecule has 0 atom stereocenters. The summed E-state index contributed by atoms with van der Waals surface area (Å²) in [5.41, 5.74) is 0. The first-order chi connectivity index (χ1) is 5.62. The van der Waals surface area contributed by atoms with Crippen LogP contribution in [-0.4, -0.2) is 55.1 Å². The molecule has 0 spiro atoms. The Kier molecular flexibility index (Phi) is 10.5. The van der Waals surface area contributed by atoms with Crippen molar-refractivity contribution in [2.45, 2.75) is 19.3 Å². The molecule has 0 aromatic heterocycles. The highest BCUT2D eigenvalue weighted by molar-refractivity contribution is 4.39. The second-order valence-corrected chi connectivity index (χ2v) is 3.89. The minimum atomic E-state index is 0. The molecule has 0 bridgehead atoms. The molecule has 0 radical (unpaired) electrons. The van der Waals surface area contributed by atoms with Crippen LogP contribution in [0.3, 0.4) is 0 Å². The van der Waals surface area contributed by atoms with E-state index in [-0.39, 0.29) is 19.0 Å². The van der Waals surface area contributed by atoms with Gasteiger partial charge in [0.25, 0.3) is 0 Å². The summed E-state index contributed by atoms with van der Waals surface area (Å²) < 4.78 is 0.945. The van der Waals surface area contributed by atoms with Gasteiger partial charge in [0.15, 0.2) is 0 Å². The molecule has 2 N–H and O–H groups in total. The van der Waals surface area contributed by atoms with Crippen LogP contribution in [0, 0.1) is 0 Å². The molecular weight excluding hydrogens is 190 g/mol. The Morgan fingerprint density at radius 1 is 0.846 bits per heavy atom. The number of aliphatic hydroxyl groups is 2. The number of quaternary nitrogens is 1. The van der Waals surface area contributed by atoms with Crippen molar-refractivity contribution in [2.75, 3.05) is 40.4 Å². The lowest BCUT2D eigenvalue weighted by Gasteiger charge is -2.29. The summed E-state index contributed by atoms with van der Waals surface area (Å²) in [5.74, 6) is 0. The van der Waals surface area contributed by atoms with Crippen LogP contribution in [0.4, 0.5) is 0 Å². The monoisotopic (exact) mass is 211 g/mol. The molecule has 0 heterocycles. The largest absolute Gasteiger partial charge is 1.00 e. The molecular formula is C9H22ClNO2. The number of unbranched alkanes of at least 4 members (excludes halogenated alkanes) is 1. The molecule has 0 saturated heterocycles. The van der Waals surface area contributed by atoms with E-state index in [0.717, 1.165) is 36.8 Å². The predicted octanol–water partition coefficient (Wildman–Crippen LogP) is -2.78. The number of halogens is 1. The Bertz CT molecular complexity index is 110. The zero-order valence-electron chi connectivity index (χ0n) is 8.67. The van der Waals surface area contributed by atoms with Crippen LogP contribution >= 0.6 is 0 Å². The van der Waals surface area contributed by atoms with Crippen molar-refractivity contribution in [3.8, 4) is 0 Å². The summed E-state index contributed by atoms with van der Waals surface area (Å²) in [7, 11) is 4.32. The Balaban J connectivity index is 0. The first-order valence-electron chi connectivity index (χ1n) is 4.66. The Hall–Kier alpha value is 0.170. The molecule has 0 fully saturated rings. The van der Waals surface area contributed by atoms with Gasteiger partial charge in [-0.15, -0.1) is 0 Å². The molecule has 82 valence electrons. The molecule has 0 aliphatic carbocycles. The van der Waals surface area contributed by atoms with Gasteiger partial charge in [0.1, 0.15) is 0 Å². The molecule has 0 unspecified atom stereocenters. The number of hydrogen-bond acceptors (Lipinski definition) is 2. The highest BCUT2D eigenvalue weighted by Gasteiger charge is 2.12. The van der Waals surface area contributed by atoms with Gasteiger partial charge in [-0.25, -0.2) is 0 Å². The van der Waals surface area contributed by atoms with Gasteiger partial charge in [-0.3, -0.25) is 0 Å². The molecule has 0 aliphatic rings. The third-order valence-corrected chi connectivity index (χ3v) is 2.09. The van der Waals surface area contributed by atoms with Crippen LogP contribution in [0.15, 0.2) is 0 Å². The lowest BCUT2D eigenvalue weighted by molar-refractivity contribution is -0.890. The summed E-state index contributed by atoms with van der Waals surface area (Å²) in [4.78, 5) is 0. The summed E-state index contributed by atoms with van der Waals surface area (Å²) in [6.07, 6.45) is 2.82. The molecule has 3 nitrogen and oxygen atoms in total. The lowest BCUT2D eigenvalue weighted by atomic mass is 10.2. The Morgan fingerprint density at radius 2 is 1.31 bits per heavy atom. The van der Waals surface area contributed by atoms with Crippen molar-refractivity contribution in [3.63, 3.8) is 0 Å². The lowest BCUT2D eigenvalue weighted by Crippen LogP contribution is -3.00. The predicted molar refractivity (Wildman–Crippen MR) is 49.9 cm³/mol. The van der Waals surface area contributed by atoms with Crippen molar-refractivity contribution in [1.82, 2.24) is 0 Å². The average Bonchev–Trinajstić information content (AvgIpc) is 2.01. The second kappa shape index (κ2) is 8.75. The quantitative estimate of drug-likeness (QED) is 0.354. The fraction of sp³-hybridized carbons (Fsp3) is 1.00. The van der Waals surface area contributed by atoms with Crippen LogP contribution in [0.25, 0.3) is 0 Å². The fourth-order valence-electron chi connectivity index (χ4n) is 1.26. The molecule has 0 amide bonds. The molecule has 13 heavy (non-hydrogen) atoms. The van der Waals surface area contributed by atoms with Crippen molar-refractivity contribution in [2.24, 2.45) is 0 Å². The van der Waals surface area contributed by atoms with Crippen LogP contribution in [0.2, 0.25) is 0 Å². The summed E-state index contributed by atoms with van der Waals surface area (Å²) in [6.45, 7) is 2.67. The first kappa shape index (κ1) is 15.6. The van der Waals surface area contributed by atoms with Gasteiger partial charge in [0.2, 0.25) is 0 Å². The van der Waals surface area contributed by atoms with E-state index in [1.54, 1.807) is 0 Å². The summed E-state index contributed by atoms with van der Waals surface area (Å²) in [5, 5.41) is 17.2. The van der Waals surface area contributed by atoms with E-state index in [4.69, 9.17) is 10.2 Å². The summed E-state index contributed by atoms with van der Waals surface area (Å²) >= 11 is 0. The van der Waals surface area contributed by atoms with E-state index in [9.17, 15) is 0 Å². The van der Waals surface area contributed by atoms with E-state index in [1.807, 2.05) is 0 Å². The van der Waals surface area contributed by atoms with Gasteiger partial charge >= 0.3 is 0 Å². The highest BCUT2D eigenvalue weighted by Crippen LogP contribution is 2.02. The van der Waals surface area contributed by atoms with Crippen LogP contribution < -0.4 is 12.4 Å². The minimum Gasteiger partial charge on any atom is -1.00 e. The molecule has 0 rings (SSSR count). The van der Waals surface area contributed by atoms with E-state index >= 15 is 0 Å². The van der Waals surface area contributed by atoms with Gasteiger partial charge in [-0.2, -0.15) is 0 Å². The number of nitrogens with zero attached hydrogens (tertiary/aromatic N) is 1. The van der Waals surface area contributed by atoms with Gasteiger partial charge in [-0.05, 0) is 12.8 Å². The molecule has 4 heteroatoms. The standard InChI is InChI=1S/C9H22NO2.ClH/c1-10(2,7-5-9-12)6-3-4-8-11;/h11-12H,3-9H2,1-2H3;1H/q+1;/p-1. The third kappa shape index (κ3) is 10.1. The van der Waals surface area contributed by atoms with Crippen LogP contribution in [-0.2, 0) is 0 Å². The maximum Gasteiger partial charge on any atom is 0.0804 e. The number of hydrogen-bond donors (Lipinski definition) is 2. The molecule has 0 saturated carbocycles. The number of rotatable bonds is 7. The average molecular weight is 212 g/mol. The minimum absolute atomic E-state index is 0. The fourth-order valence-corrected chi connectivity index (χ4v) is 1.26. The van der Waals surface area contributed by atoms with Crippen molar-refractivity contribution in [3.05, 3.63) is 0 Å². The zero-order valence-corrected chi connectivity index (χ0v) is 9.43. The Morgan fingerprint density at radius 3 is 1.77 bits per heavy atom. The van der Waals surface area contributed by atoms with Gasteiger partial charge in [-0.1, -0.05) is 0 Å². The smallest absolute Gasteiger partial charge is 0.0804 e. The zero-order chi connectivity index (χ0) is 9.45. The van der Waals surface area contributed by atoms with E-state index in [1.165, 1.54) is 0 Å².